The minimum Gasteiger partial charge on any atom is -0.353 e. The lowest BCUT2D eigenvalue weighted by Crippen LogP contribution is -2.44. The van der Waals surface area contributed by atoms with Crippen LogP contribution in [0.1, 0.15) is 32.8 Å². The van der Waals surface area contributed by atoms with Crippen LogP contribution < -0.4 is 5.32 Å². The second-order valence-corrected chi connectivity index (χ2v) is 5.22. The van der Waals surface area contributed by atoms with Crippen LogP contribution in [0, 0.1) is 0 Å². The van der Waals surface area contributed by atoms with E-state index < -0.39 is 5.54 Å². The minimum absolute atomic E-state index is 0.0469. The molecule has 104 valence electrons. The van der Waals surface area contributed by atoms with Crippen molar-refractivity contribution in [2.75, 3.05) is 6.54 Å². The van der Waals surface area contributed by atoms with Gasteiger partial charge in [0.1, 0.15) is 0 Å². The lowest BCUT2D eigenvalue weighted by molar-refractivity contribution is -0.133. The van der Waals surface area contributed by atoms with Gasteiger partial charge < -0.3 is 10.2 Å². The number of rotatable bonds is 7. The molecule has 1 rings (SSSR count). The molecular weight excluding hydrogens is 240 g/mol. The lowest BCUT2D eigenvalue weighted by atomic mass is 10.00. The predicted octanol–water partition coefficient (Wildman–Crippen LogP) is 1.95. The van der Waals surface area contributed by atoms with Crippen molar-refractivity contribution >= 4 is 12.3 Å². The summed E-state index contributed by atoms with van der Waals surface area (Å²) in [5.74, 6) is 0.0469. The Kier molecular flexibility index (Phi) is 5.55. The summed E-state index contributed by atoms with van der Waals surface area (Å²) in [6.07, 6.45) is 0.938. The normalized spacial score (nSPS) is 10.9. The van der Waals surface area contributed by atoms with Gasteiger partial charge in [-0.25, -0.2) is 0 Å². The molecule has 0 heterocycles. The molecule has 0 bridgehead atoms. The highest BCUT2D eigenvalue weighted by Crippen LogP contribution is 2.12. The first-order valence-electron chi connectivity index (χ1n) is 6.51. The maximum Gasteiger partial charge on any atom is 0.225 e. The van der Waals surface area contributed by atoms with Crippen LogP contribution in [-0.2, 0) is 16.1 Å². The molecule has 0 radical (unpaired) electrons. The fraction of sp³-hybridized carbons (Fsp3) is 0.467. The van der Waals surface area contributed by atoms with Crippen LogP contribution in [0.5, 0.6) is 0 Å². The summed E-state index contributed by atoms with van der Waals surface area (Å²) >= 11 is 0. The van der Waals surface area contributed by atoms with E-state index in [1.807, 2.05) is 51.1 Å². The van der Waals surface area contributed by atoms with Gasteiger partial charge >= 0.3 is 0 Å². The van der Waals surface area contributed by atoms with Gasteiger partial charge in [-0.1, -0.05) is 30.3 Å². The molecule has 4 heteroatoms. The summed E-state index contributed by atoms with van der Waals surface area (Å²) in [6.45, 7) is 6.91. The van der Waals surface area contributed by atoms with Gasteiger partial charge in [0.15, 0.2) is 0 Å². The van der Waals surface area contributed by atoms with Gasteiger partial charge in [-0.2, -0.15) is 0 Å². The van der Waals surface area contributed by atoms with E-state index in [0.29, 0.717) is 25.9 Å². The first kappa shape index (κ1) is 15.2. The lowest BCUT2D eigenvalue weighted by Gasteiger charge is -2.28. The molecule has 2 amide bonds. The van der Waals surface area contributed by atoms with Crippen LogP contribution in [0.15, 0.2) is 30.3 Å². The van der Waals surface area contributed by atoms with Crippen molar-refractivity contribution in [1.82, 2.24) is 10.2 Å². The molecule has 0 saturated carbocycles. The van der Waals surface area contributed by atoms with E-state index in [-0.39, 0.29) is 5.91 Å². The summed E-state index contributed by atoms with van der Waals surface area (Å²) in [4.78, 5) is 24.5. The number of hydrogen-bond donors (Lipinski definition) is 1. The second-order valence-electron chi connectivity index (χ2n) is 5.22. The van der Waals surface area contributed by atoms with Gasteiger partial charge in [0, 0.05) is 25.0 Å². The second kappa shape index (κ2) is 6.92. The maximum atomic E-state index is 12.2. The number of carbonyl (C=O) groups excluding carboxylic acids is 2. The monoisotopic (exact) mass is 262 g/mol. The minimum atomic E-state index is -0.511. The molecule has 4 nitrogen and oxygen atoms in total. The number of carbonyl (C=O) groups is 2. The Morgan fingerprint density at radius 3 is 2.47 bits per heavy atom. The number of amides is 2. The summed E-state index contributed by atoms with van der Waals surface area (Å²) < 4.78 is 0. The van der Waals surface area contributed by atoms with Gasteiger partial charge in [-0.15, -0.1) is 0 Å². The Morgan fingerprint density at radius 2 is 1.95 bits per heavy atom. The zero-order chi connectivity index (χ0) is 14.3. The summed E-state index contributed by atoms with van der Waals surface area (Å²) in [6, 6.07) is 9.89. The van der Waals surface area contributed by atoms with Gasteiger partial charge in [0.2, 0.25) is 12.3 Å². The third-order valence-corrected chi connectivity index (χ3v) is 2.99. The van der Waals surface area contributed by atoms with Gasteiger partial charge in [0.25, 0.3) is 0 Å². The van der Waals surface area contributed by atoms with Crippen LogP contribution in [0.25, 0.3) is 0 Å². The molecule has 0 atom stereocenters. The van der Waals surface area contributed by atoms with E-state index in [9.17, 15) is 9.59 Å². The van der Waals surface area contributed by atoms with Crippen molar-refractivity contribution in [1.29, 1.82) is 0 Å². The SMILES string of the molecule is CCN(Cc1ccccc1)C(=O)CC(C)(C)NC=O. The number of benzene rings is 1. The summed E-state index contributed by atoms with van der Waals surface area (Å²) in [5, 5.41) is 2.67. The van der Waals surface area contributed by atoms with Gasteiger partial charge in [0.05, 0.1) is 0 Å². The van der Waals surface area contributed by atoms with Crippen molar-refractivity contribution in [3.05, 3.63) is 35.9 Å². The molecule has 0 aliphatic carbocycles. The summed E-state index contributed by atoms with van der Waals surface area (Å²) in [7, 11) is 0. The van der Waals surface area contributed by atoms with Crippen molar-refractivity contribution < 1.29 is 9.59 Å². The zero-order valence-electron chi connectivity index (χ0n) is 11.8. The molecular formula is C15H22N2O2. The quantitative estimate of drug-likeness (QED) is 0.764. The van der Waals surface area contributed by atoms with Crippen molar-refractivity contribution in [2.24, 2.45) is 0 Å². The van der Waals surface area contributed by atoms with Crippen molar-refractivity contribution in [2.45, 2.75) is 39.3 Å². The molecule has 19 heavy (non-hydrogen) atoms. The van der Waals surface area contributed by atoms with E-state index in [1.54, 1.807) is 4.90 Å². The Labute approximate surface area is 114 Å². The number of nitrogens with one attached hydrogen (secondary N) is 1. The van der Waals surface area contributed by atoms with Crippen molar-refractivity contribution in [3.63, 3.8) is 0 Å². The van der Waals surface area contributed by atoms with Crippen molar-refractivity contribution in [3.8, 4) is 0 Å². The smallest absolute Gasteiger partial charge is 0.225 e. The number of hydrogen-bond acceptors (Lipinski definition) is 2. The summed E-state index contributed by atoms with van der Waals surface area (Å²) in [5.41, 5.74) is 0.599. The van der Waals surface area contributed by atoms with Gasteiger partial charge in [-0.3, -0.25) is 9.59 Å². The molecule has 0 aliphatic rings. The first-order valence-corrected chi connectivity index (χ1v) is 6.51. The Morgan fingerprint density at radius 1 is 1.32 bits per heavy atom. The third kappa shape index (κ3) is 5.12. The molecule has 0 aliphatic heterocycles. The largest absolute Gasteiger partial charge is 0.353 e. The molecule has 1 aromatic carbocycles. The first-order chi connectivity index (χ1) is 8.98. The molecule has 0 unspecified atom stereocenters. The zero-order valence-corrected chi connectivity index (χ0v) is 11.8. The molecule has 0 fully saturated rings. The molecule has 1 aromatic rings. The Balaban J connectivity index is 2.64. The van der Waals surface area contributed by atoms with E-state index >= 15 is 0 Å². The molecule has 0 aromatic heterocycles. The molecule has 0 spiro atoms. The fourth-order valence-corrected chi connectivity index (χ4v) is 1.88. The van der Waals surface area contributed by atoms with Crippen LogP contribution in [-0.4, -0.2) is 29.3 Å². The van der Waals surface area contributed by atoms with Gasteiger partial charge in [-0.05, 0) is 26.3 Å². The maximum absolute atomic E-state index is 12.2. The highest BCUT2D eigenvalue weighted by Gasteiger charge is 2.24. The van der Waals surface area contributed by atoms with E-state index in [1.165, 1.54) is 0 Å². The highest BCUT2D eigenvalue weighted by atomic mass is 16.2. The highest BCUT2D eigenvalue weighted by molar-refractivity contribution is 5.77. The van der Waals surface area contributed by atoms with E-state index in [0.717, 1.165) is 5.56 Å². The fourth-order valence-electron chi connectivity index (χ4n) is 1.88. The Bertz CT molecular complexity index is 415. The molecule has 1 N–H and O–H groups in total. The van der Waals surface area contributed by atoms with Crippen LogP contribution in [0.3, 0.4) is 0 Å². The number of nitrogens with zero attached hydrogens (tertiary/aromatic N) is 1. The Hall–Kier alpha value is -1.84. The van der Waals surface area contributed by atoms with Crippen LogP contribution >= 0.6 is 0 Å². The van der Waals surface area contributed by atoms with E-state index in [4.69, 9.17) is 0 Å². The average molecular weight is 262 g/mol. The van der Waals surface area contributed by atoms with E-state index in [2.05, 4.69) is 5.32 Å². The predicted molar refractivity (Wildman–Crippen MR) is 75.4 cm³/mol. The standard InChI is InChI=1S/C15H22N2O2/c1-4-17(11-13-8-6-5-7-9-13)14(19)10-15(2,3)16-12-18/h5-9,12H,4,10-11H2,1-3H3,(H,16,18). The van der Waals surface area contributed by atoms with Crippen LogP contribution in [0.2, 0.25) is 0 Å². The topological polar surface area (TPSA) is 49.4 Å². The third-order valence-electron chi connectivity index (χ3n) is 2.99. The average Bonchev–Trinajstić information content (AvgIpc) is 2.36. The van der Waals surface area contributed by atoms with Crippen LogP contribution in [0.4, 0.5) is 0 Å². The molecule has 0 saturated heterocycles.